The van der Waals surface area contributed by atoms with Crippen molar-refractivity contribution in [1.29, 1.82) is 0 Å². The smallest absolute Gasteiger partial charge is 0.407 e. The molecule has 10 heteroatoms. The molecule has 0 aliphatic carbocycles. The second-order valence-corrected chi connectivity index (χ2v) is 13.3. The van der Waals surface area contributed by atoms with Crippen LogP contribution in [-0.2, 0) is 9.53 Å². The van der Waals surface area contributed by atoms with Crippen LogP contribution in [0.25, 0.3) is 0 Å². The number of amides is 2. The highest BCUT2D eigenvalue weighted by Gasteiger charge is 2.40. The predicted molar refractivity (Wildman–Crippen MR) is 163 cm³/mol. The molecule has 3 aliphatic rings. The minimum absolute atomic E-state index is 0.0166. The Balaban J connectivity index is 1.17. The maximum atomic E-state index is 13.2. The van der Waals surface area contributed by atoms with E-state index in [1.165, 1.54) is 0 Å². The van der Waals surface area contributed by atoms with E-state index >= 15 is 0 Å². The Morgan fingerprint density at radius 2 is 1.83 bits per heavy atom. The third-order valence-corrected chi connectivity index (χ3v) is 9.19. The Morgan fingerprint density at radius 3 is 2.49 bits per heavy atom. The van der Waals surface area contributed by atoms with Crippen molar-refractivity contribution in [3.8, 4) is 0 Å². The Labute approximate surface area is 253 Å². The number of rotatable bonds is 7. The Morgan fingerprint density at radius 1 is 1.07 bits per heavy atom. The van der Waals surface area contributed by atoms with Crippen molar-refractivity contribution < 1.29 is 14.3 Å². The van der Waals surface area contributed by atoms with E-state index in [-0.39, 0.29) is 30.0 Å². The molecule has 1 N–H and O–H groups in total. The average Bonchev–Trinajstić information content (AvgIpc) is 2.90. The molecule has 2 amide bonds. The molecule has 3 fully saturated rings. The minimum Gasteiger partial charge on any atom is -0.444 e. The number of nitrogens with one attached hydrogen (secondary N) is 1. The number of likely N-dealkylation sites (tertiary alicyclic amines) is 2. The SMILES string of the molecule is CC(C)(C)OC(=O)NC1CCN(C2CN(CCC3[C@H](c4ccc(Cl)c(Cl)c4)CCC(=O)N3c3ccccn3)C2)CC1. The zero-order valence-corrected chi connectivity index (χ0v) is 25.7. The Bertz CT molecular complexity index is 1210. The number of carbonyl (C=O) groups excluding carboxylic acids is 2. The van der Waals surface area contributed by atoms with Crippen LogP contribution in [0.1, 0.15) is 64.4 Å². The number of piperidine rings is 2. The topological polar surface area (TPSA) is 78.0 Å². The van der Waals surface area contributed by atoms with Gasteiger partial charge in [0.05, 0.1) is 10.0 Å². The number of benzene rings is 1. The van der Waals surface area contributed by atoms with Crippen molar-refractivity contribution in [3.63, 3.8) is 0 Å². The summed E-state index contributed by atoms with van der Waals surface area (Å²) in [6.45, 7) is 10.5. The lowest BCUT2D eigenvalue weighted by Crippen LogP contribution is -2.62. The van der Waals surface area contributed by atoms with Crippen LogP contribution >= 0.6 is 23.2 Å². The third kappa shape index (κ3) is 7.53. The fourth-order valence-corrected chi connectivity index (χ4v) is 6.67. The quantitative estimate of drug-likeness (QED) is 0.436. The molecule has 5 rings (SSSR count). The van der Waals surface area contributed by atoms with E-state index < -0.39 is 5.60 Å². The van der Waals surface area contributed by atoms with E-state index in [1.54, 1.807) is 6.20 Å². The predicted octanol–water partition coefficient (Wildman–Crippen LogP) is 5.73. The van der Waals surface area contributed by atoms with Gasteiger partial charge < -0.3 is 15.0 Å². The van der Waals surface area contributed by atoms with Crippen molar-refractivity contribution in [3.05, 3.63) is 58.2 Å². The van der Waals surface area contributed by atoms with Gasteiger partial charge in [0.2, 0.25) is 5.91 Å². The molecule has 2 atom stereocenters. The molecule has 1 aromatic heterocycles. The molecule has 0 radical (unpaired) electrons. The van der Waals surface area contributed by atoms with Gasteiger partial charge >= 0.3 is 6.09 Å². The highest BCUT2D eigenvalue weighted by Crippen LogP contribution is 2.39. The molecule has 41 heavy (non-hydrogen) atoms. The number of pyridine rings is 1. The largest absolute Gasteiger partial charge is 0.444 e. The van der Waals surface area contributed by atoms with Crippen LogP contribution in [0.2, 0.25) is 10.0 Å². The normalized spacial score (nSPS) is 23.3. The first-order valence-electron chi connectivity index (χ1n) is 14.7. The van der Waals surface area contributed by atoms with Crippen LogP contribution in [0.3, 0.4) is 0 Å². The molecule has 2 aromatic rings. The molecule has 4 heterocycles. The zero-order valence-electron chi connectivity index (χ0n) is 24.2. The van der Waals surface area contributed by atoms with Crippen molar-refractivity contribution in [2.75, 3.05) is 37.6 Å². The average molecular weight is 603 g/mol. The highest BCUT2D eigenvalue weighted by atomic mass is 35.5. The van der Waals surface area contributed by atoms with Gasteiger partial charge in [-0.2, -0.15) is 0 Å². The summed E-state index contributed by atoms with van der Waals surface area (Å²) in [5.74, 6) is 0.976. The van der Waals surface area contributed by atoms with E-state index in [9.17, 15) is 9.59 Å². The standard InChI is InChI=1S/C31H41Cl2N5O3/c1-31(2,3)41-30(40)35-22-11-16-37(17-12-22)23-19-36(20-23)15-13-27-24(21-7-9-25(32)26(33)18-21)8-10-29(39)38(27)28-6-4-5-14-34-28/h4-7,9,14,18,22-24,27H,8,10-13,15-17,19-20H2,1-3H3,(H,35,40)/t24-,27?/m0/s1. The summed E-state index contributed by atoms with van der Waals surface area (Å²) < 4.78 is 5.42. The number of halogens is 2. The van der Waals surface area contributed by atoms with E-state index in [4.69, 9.17) is 27.9 Å². The number of hydrogen-bond donors (Lipinski definition) is 1. The molecule has 222 valence electrons. The van der Waals surface area contributed by atoms with Crippen molar-refractivity contribution in [1.82, 2.24) is 20.1 Å². The second kappa shape index (κ2) is 12.9. The molecule has 3 aliphatic heterocycles. The molecule has 0 bridgehead atoms. The number of nitrogens with zero attached hydrogens (tertiary/aromatic N) is 4. The van der Waals surface area contributed by atoms with Gasteiger partial charge in [0.1, 0.15) is 11.4 Å². The maximum absolute atomic E-state index is 13.2. The van der Waals surface area contributed by atoms with Crippen molar-refractivity contribution >= 4 is 41.0 Å². The van der Waals surface area contributed by atoms with Gasteiger partial charge in [-0.1, -0.05) is 35.3 Å². The van der Waals surface area contributed by atoms with Crippen molar-refractivity contribution in [2.24, 2.45) is 0 Å². The van der Waals surface area contributed by atoms with Gasteiger partial charge in [-0.15, -0.1) is 0 Å². The lowest BCUT2D eigenvalue weighted by atomic mass is 9.81. The van der Waals surface area contributed by atoms with Gasteiger partial charge in [0.15, 0.2) is 0 Å². The first-order chi connectivity index (χ1) is 19.6. The fourth-order valence-electron chi connectivity index (χ4n) is 6.37. The molecule has 8 nitrogen and oxygen atoms in total. The summed E-state index contributed by atoms with van der Waals surface area (Å²) >= 11 is 12.6. The molecule has 3 saturated heterocycles. The van der Waals surface area contributed by atoms with Crippen LogP contribution in [0.4, 0.5) is 10.6 Å². The molecule has 0 saturated carbocycles. The van der Waals surface area contributed by atoms with Gasteiger partial charge in [-0.05, 0) is 76.3 Å². The first-order valence-corrected chi connectivity index (χ1v) is 15.5. The van der Waals surface area contributed by atoms with Crippen LogP contribution in [0.15, 0.2) is 42.6 Å². The maximum Gasteiger partial charge on any atom is 0.407 e. The highest BCUT2D eigenvalue weighted by molar-refractivity contribution is 6.42. The van der Waals surface area contributed by atoms with E-state index in [2.05, 4.69) is 20.1 Å². The molecule has 1 aromatic carbocycles. The van der Waals surface area contributed by atoms with E-state index in [0.29, 0.717) is 28.3 Å². The lowest BCUT2D eigenvalue weighted by molar-refractivity contribution is -0.120. The molecular formula is C31H41Cl2N5O3. The van der Waals surface area contributed by atoms with Gasteiger partial charge in [0.25, 0.3) is 0 Å². The summed E-state index contributed by atoms with van der Waals surface area (Å²) in [6.07, 6.45) is 5.39. The number of anilines is 1. The summed E-state index contributed by atoms with van der Waals surface area (Å²) in [6, 6.07) is 12.3. The van der Waals surface area contributed by atoms with Crippen LogP contribution in [0.5, 0.6) is 0 Å². The lowest BCUT2D eigenvalue weighted by Gasteiger charge is -2.49. The van der Waals surface area contributed by atoms with Gasteiger partial charge in [0, 0.05) is 69.4 Å². The summed E-state index contributed by atoms with van der Waals surface area (Å²) in [4.78, 5) is 36.9. The molecule has 0 spiro atoms. The van der Waals surface area contributed by atoms with Crippen molar-refractivity contribution in [2.45, 2.75) is 82.5 Å². The summed E-state index contributed by atoms with van der Waals surface area (Å²) in [5.41, 5.74) is 0.629. The monoisotopic (exact) mass is 601 g/mol. The van der Waals surface area contributed by atoms with Crippen LogP contribution in [-0.4, -0.2) is 83.2 Å². The minimum atomic E-state index is -0.485. The number of alkyl carbamates (subject to hydrolysis) is 1. The number of hydrogen-bond acceptors (Lipinski definition) is 6. The molecule has 1 unspecified atom stereocenters. The van der Waals surface area contributed by atoms with Crippen LogP contribution in [0, 0.1) is 0 Å². The zero-order chi connectivity index (χ0) is 29.1. The van der Waals surface area contributed by atoms with E-state index in [0.717, 1.165) is 64.0 Å². The second-order valence-electron chi connectivity index (χ2n) is 12.5. The first kappa shape index (κ1) is 30.1. The summed E-state index contributed by atoms with van der Waals surface area (Å²) in [5, 5.41) is 4.11. The van der Waals surface area contributed by atoms with Gasteiger partial charge in [-0.25, -0.2) is 9.78 Å². The van der Waals surface area contributed by atoms with E-state index in [1.807, 2.05) is 62.1 Å². The Hall–Kier alpha value is -2.39. The van der Waals surface area contributed by atoms with Crippen LogP contribution < -0.4 is 10.2 Å². The number of aromatic nitrogens is 1. The summed E-state index contributed by atoms with van der Waals surface area (Å²) in [7, 11) is 0. The fraction of sp³-hybridized carbons (Fsp3) is 0.581. The Kier molecular flexibility index (Phi) is 9.43. The number of carbonyl (C=O) groups is 2. The number of ether oxygens (including phenoxy) is 1. The molecular weight excluding hydrogens is 561 g/mol. The third-order valence-electron chi connectivity index (χ3n) is 8.45. The van der Waals surface area contributed by atoms with Gasteiger partial charge in [-0.3, -0.25) is 14.6 Å².